The summed E-state index contributed by atoms with van der Waals surface area (Å²) in [5.41, 5.74) is 0. The van der Waals surface area contributed by atoms with Crippen LogP contribution in [0, 0.1) is 0 Å². The molecule has 0 atom stereocenters. The molecule has 0 saturated heterocycles. The van der Waals surface area contributed by atoms with Crippen molar-refractivity contribution in [2.75, 3.05) is 18.4 Å². The standard InChI is InChI=1S/C3H8N.2CH3.In/c1-4(2)3;;;/h1H2,2-3H3;2*1H3;. The number of hydrogen-bond acceptors (Lipinski definition) is 1. The quantitative estimate of drug-likeness (QED) is 0.642. The van der Waals surface area contributed by atoms with E-state index in [1.807, 2.05) is 0 Å². The minimum atomic E-state index is -0.867. The molecule has 0 fully saturated rings. The Bertz CT molecular complexity index is 37.3. The average molecular weight is 203 g/mol. The Labute approximate surface area is 54.2 Å². The molecule has 0 radical (unpaired) electrons. The Kier molecular flexibility index (Phi) is 4.24. The van der Waals surface area contributed by atoms with Crippen molar-refractivity contribution in [3.8, 4) is 0 Å². The van der Waals surface area contributed by atoms with Crippen molar-refractivity contribution in [1.82, 2.24) is 4.90 Å². The first-order valence-electron chi connectivity index (χ1n) is 2.77. The second kappa shape index (κ2) is 3.79. The fourth-order valence-corrected chi connectivity index (χ4v) is 4.90. The number of rotatable bonds is 2. The molecule has 2 heteroatoms. The van der Waals surface area contributed by atoms with Crippen LogP contribution in [-0.4, -0.2) is 44.7 Å². The van der Waals surface area contributed by atoms with Crippen molar-refractivity contribution < 1.29 is 0 Å². The van der Waals surface area contributed by atoms with Gasteiger partial charge in [-0.3, -0.25) is 0 Å². The van der Waals surface area contributed by atoms with E-state index in [0.29, 0.717) is 0 Å². The van der Waals surface area contributed by atoms with Gasteiger partial charge in [-0.15, -0.1) is 0 Å². The molecule has 0 aromatic rings. The van der Waals surface area contributed by atoms with E-state index in [9.17, 15) is 0 Å². The third-order valence-electron chi connectivity index (χ3n) is 0.730. The van der Waals surface area contributed by atoms with E-state index >= 15 is 0 Å². The van der Waals surface area contributed by atoms with E-state index < -0.39 is 21.4 Å². The fraction of sp³-hybridized carbons (Fsp3) is 1.00. The van der Waals surface area contributed by atoms with Crippen molar-refractivity contribution in [2.45, 2.75) is 9.36 Å². The van der Waals surface area contributed by atoms with Crippen molar-refractivity contribution >= 4 is 21.4 Å². The molecule has 0 heterocycles. The Morgan fingerprint density at radius 3 is 1.71 bits per heavy atom. The molecule has 0 unspecified atom stereocenters. The fourth-order valence-electron chi connectivity index (χ4n) is 0.730. The van der Waals surface area contributed by atoms with Gasteiger partial charge in [-0.05, 0) is 0 Å². The van der Waals surface area contributed by atoms with Crippen LogP contribution in [0.4, 0.5) is 0 Å². The maximum atomic E-state index is 2.43. The monoisotopic (exact) mass is 203 g/mol. The van der Waals surface area contributed by atoms with Gasteiger partial charge in [0, 0.05) is 0 Å². The second-order valence-electron chi connectivity index (χ2n) is 2.66. The molecular formula is C5H14InN. The first kappa shape index (κ1) is 7.83. The Hall–Kier alpha value is 0.830. The maximum absolute atomic E-state index is 2.43. The summed E-state index contributed by atoms with van der Waals surface area (Å²) in [7, 11) is 4.30. The number of nitrogens with zero attached hydrogens (tertiary/aromatic N) is 1. The van der Waals surface area contributed by atoms with E-state index in [0.717, 1.165) is 0 Å². The van der Waals surface area contributed by atoms with Crippen molar-refractivity contribution in [3.05, 3.63) is 0 Å². The van der Waals surface area contributed by atoms with E-state index in [4.69, 9.17) is 0 Å². The first-order chi connectivity index (χ1) is 3.13. The molecular weight excluding hydrogens is 189 g/mol. The molecule has 0 aliphatic carbocycles. The third kappa shape index (κ3) is 6.83. The van der Waals surface area contributed by atoms with Gasteiger partial charge >= 0.3 is 54.1 Å². The van der Waals surface area contributed by atoms with E-state index in [-0.39, 0.29) is 0 Å². The van der Waals surface area contributed by atoms with E-state index in [2.05, 4.69) is 28.4 Å². The van der Waals surface area contributed by atoms with Gasteiger partial charge in [0.2, 0.25) is 0 Å². The summed E-state index contributed by atoms with van der Waals surface area (Å²) >= 11 is -0.867. The topological polar surface area (TPSA) is 3.24 Å². The molecule has 0 aliphatic heterocycles. The molecule has 42 valence electrons. The molecule has 0 bridgehead atoms. The van der Waals surface area contributed by atoms with Crippen molar-refractivity contribution in [2.24, 2.45) is 0 Å². The first-order valence-corrected chi connectivity index (χ1v) is 11.7. The normalized spacial score (nSPS) is 9.86. The van der Waals surface area contributed by atoms with Gasteiger partial charge in [-0.25, -0.2) is 0 Å². The molecule has 0 aliphatic rings. The minimum absolute atomic E-state index is 0.867. The summed E-state index contributed by atoms with van der Waals surface area (Å²) in [6, 6.07) is 0. The second-order valence-corrected chi connectivity index (χ2v) is 11.7. The van der Waals surface area contributed by atoms with Crippen LogP contribution < -0.4 is 0 Å². The van der Waals surface area contributed by atoms with Gasteiger partial charge in [-0.1, -0.05) is 0 Å². The molecule has 0 aromatic heterocycles. The van der Waals surface area contributed by atoms with Crippen LogP contribution in [0.1, 0.15) is 0 Å². The van der Waals surface area contributed by atoms with Crippen LogP contribution >= 0.6 is 0 Å². The Morgan fingerprint density at radius 2 is 1.71 bits per heavy atom. The molecule has 0 rings (SSSR count). The summed E-state index contributed by atoms with van der Waals surface area (Å²) < 4.78 is 6.27. The zero-order chi connectivity index (χ0) is 5.86. The van der Waals surface area contributed by atoms with Crippen LogP contribution in [0.15, 0.2) is 0 Å². The Balaban J connectivity index is 2.95. The summed E-state index contributed by atoms with van der Waals surface area (Å²) in [5.74, 6) is 0. The Morgan fingerprint density at radius 1 is 1.29 bits per heavy atom. The average Bonchev–Trinajstić information content (AvgIpc) is 1.27. The summed E-state index contributed by atoms with van der Waals surface area (Å²) in [6.45, 7) is 0. The predicted molar refractivity (Wildman–Crippen MR) is 36.0 cm³/mol. The molecule has 0 amide bonds. The van der Waals surface area contributed by atoms with Crippen molar-refractivity contribution in [3.63, 3.8) is 0 Å². The molecule has 0 aromatic carbocycles. The summed E-state index contributed by atoms with van der Waals surface area (Å²) in [6.07, 6.45) is 0. The molecule has 7 heavy (non-hydrogen) atoms. The van der Waals surface area contributed by atoms with Crippen LogP contribution in [0.3, 0.4) is 0 Å². The van der Waals surface area contributed by atoms with Gasteiger partial charge in [0.05, 0.1) is 0 Å². The van der Waals surface area contributed by atoms with Gasteiger partial charge in [0.1, 0.15) is 0 Å². The SMILES string of the molecule is CN(C)[CH2][In]([CH3])[CH3]. The van der Waals surface area contributed by atoms with Crippen LogP contribution in [0.25, 0.3) is 0 Å². The van der Waals surface area contributed by atoms with Gasteiger partial charge in [0.25, 0.3) is 0 Å². The molecule has 0 spiro atoms. The number of hydrogen-bond donors (Lipinski definition) is 0. The van der Waals surface area contributed by atoms with Crippen molar-refractivity contribution in [1.29, 1.82) is 0 Å². The molecule has 0 N–H and O–H groups in total. The summed E-state index contributed by atoms with van der Waals surface area (Å²) in [5, 5.41) is 0. The van der Waals surface area contributed by atoms with Gasteiger partial charge in [0.15, 0.2) is 0 Å². The van der Waals surface area contributed by atoms with Crippen LogP contribution in [0.2, 0.25) is 9.36 Å². The molecule has 0 saturated carbocycles. The zero-order valence-corrected chi connectivity index (χ0v) is 9.03. The van der Waals surface area contributed by atoms with Crippen LogP contribution in [0.5, 0.6) is 0 Å². The molecule has 1 nitrogen and oxygen atoms in total. The van der Waals surface area contributed by atoms with Crippen LogP contribution in [-0.2, 0) is 0 Å². The summed E-state index contributed by atoms with van der Waals surface area (Å²) in [4.78, 5) is 2.29. The predicted octanol–water partition coefficient (Wildman–Crippen LogP) is 0.842. The zero-order valence-electron chi connectivity index (χ0n) is 5.73. The third-order valence-corrected chi connectivity index (χ3v) is 4.90. The van der Waals surface area contributed by atoms with Gasteiger partial charge < -0.3 is 0 Å². The van der Waals surface area contributed by atoms with E-state index in [1.54, 1.807) is 0 Å². The van der Waals surface area contributed by atoms with E-state index in [1.165, 1.54) is 4.30 Å². The van der Waals surface area contributed by atoms with Gasteiger partial charge in [-0.2, -0.15) is 0 Å².